The summed E-state index contributed by atoms with van der Waals surface area (Å²) < 4.78 is 7.39. The van der Waals surface area contributed by atoms with E-state index in [0.717, 1.165) is 37.4 Å². The van der Waals surface area contributed by atoms with Crippen molar-refractivity contribution in [3.05, 3.63) is 60.0 Å². The summed E-state index contributed by atoms with van der Waals surface area (Å²) in [5.41, 5.74) is 2.12. The summed E-state index contributed by atoms with van der Waals surface area (Å²) in [6.07, 6.45) is 2.13. The molecular formula is C19H19N3O2. The lowest BCUT2D eigenvalue weighted by Gasteiger charge is -2.15. The first-order chi connectivity index (χ1) is 11.7. The molecule has 2 aromatic heterocycles. The minimum absolute atomic E-state index is 0.0263. The number of carbonyl (C=O) groups excluding carboxylic acids is 1. The molecule has 1 aliphatic rings. The fourth-order valence-corrected chi connectivity index (χ4v) is 3.07. The average molecular weight is 321 g/mol. The Morgan fingerprint density at radius 2 is 1.83 bits per heavy atom. The van der Waals surface area contributed by atoms with Gasteiger partial charge in [0, 0.05) is 19.2 Å². The van der Waals surface area contributed by atoms with Crippen molar-refractivity contribution >= 4 is 5.91 Å². The Kier molecular flexibility index (Phi) is 3.69. The molecule has 1 aromatic carbocycles. The molecule has 0 N–H and O–H groups in total. The van der Waals surface area contributed by atoms with Crippen molar-refractivity contribution < 1.29 is 9.21 Å². The summed E-state index contributed by atoms with van der Waals surface area (Å²) in [7, 11) is 0. The van der Waals surface area contributed by atoms with Crippen LogP contribution >= 0.6 is 0 Å². The van der Waals surface area contributed by atoms with Gasteiger partial charge in [-0.3, -0.25) is 4.79 Å². The highest BCUT2D eigenvalue weighted by Crippen LogP contribution is 2.25. The van der Waals surface area contributed by atoms with E-state index in [2.05, 4.69) is 5.10 Å². The number of likely N-dealkylation sites (tertiary alicyclic amines) is 1. The number of hydrogen-bond acceptors (Lipinski definition) is 3. The van der Waals surface area contributed by atoms with Gasteiger partial charge in [0.15, 0.2) is 5.76 Å². The topological polar surface area (TPSA) is 51.3 Å². The third-order valence-electron chi connectivity index (χ3n) is 4.32. The Hall–Kier alpha value is -2.82. The SMILES string of the molecule is Cc1ccc(-c2cc(C(=O)N3CCCC3)n(-c3ccccc3)n2)o1. The normalized spacial score (nSPS) is 14.3. The molecule has 0 spiro atoms. The Bertz CT molecular complexity index is 858. The molecule has 0 aliphatic carbocycles. The molecular weight excluding hydrogens is 302 g/mol. The van der Waals surface area contributed by atoms with Crippen LogP contribution in [0.1, 0.15) is 29.1 Å². The van der Waals surface area contributed by atoms with Gasteiger partial charge in [-0.15, -0.1) is 0 Å². The van der Waals surface area contributed by atoms with Crippen LogP contribution in [0.3, 0.4) is 0 Å². The van der Waals surface area contributed by atoms with Crippen LogP contribution in [0.25, 0.3) is 17.1 Å². The van der Waals surface area contributed by atoms with Gasteiger partial charge in [0.05, 0.1) is 5.69 Å². The maximum Gasteiger partial charge on any atom is 0.272 e. The summed E-state index contributed by atoms with van der Waals surface area (Å²) in [4.78, 5) is 14.8. The zero-order valence-corrected chi connectivity index (χ0v) is 13.6. The van der Waals surface area contributed by atoms with Crippen molar-refractivity contribution in [3.63, 3.8) is 0 Å². The van der Waals surface area contributed by atoms with Gasteiger partial charge in [-0.25, -0.2) is 4.68 Å². The van der Waals surface area contributed by atoms with Gasteiger partial charge >= 0.3 is 0 Å². The highest BCUT2D eigenvalue weighted by molar-refractivity contribution is 5.94. The molecule has 24 heavy (non-hydrogen) atoms. The smallest absolute Gasteiger partial charge is 0.272 e. The molecule has 0 saturated carbocycles. The Balaban J connectivity index is 1.80. The zero-order valence-electron chi connectivity index (χ0n) is 13.6. The van der Waals surface area contributed by atoms with E-state index >= 15 is 0 Å². The second-order valence-electron chi connectivity index (χ2n) is 6.07. The fourth-order valence-electron chi connectivity index (χ4n) is 3.07. The van der Waals surface area contributed by atoms with Crippen molar-refractivity contribution in [3.8, 4) is 17.1 Å². The van der Waals surface area contributed by atoms with Crippen molar-refractivity contribution in [2.75, 3.05) is 13.1 Å². The molecule has 1 aliphatic heterocycles. The van der Waals surface area contributed by atoms with Crippen molar-refractivity contribution in [1.82, 2.24) is 14.7 Å². The molecule has 0 radical (unpaired) electrons. The molecule has 122 valence electrons. The number of rotatable bonds is 3. The highest BCUT2D eigenvalue weighted by atomic mass is 16.3. The molecule has 0 unspecified atom stereocenters. The lowest BCUT2D eigenvalue weighted by atomic mass is 10.2. The van der Waals surface area contributed by atoms with Crippen molar-refractivity contribution in [1.29, 1.82) is 0 Å². The van der Waals surface area contributed by atoms with Crippen LogP contribution in [0, 0.1) is 6.92 Å². The summed E-state index contributed by atoms with van der Waals surface area (Å²) in [6, 6.07) is 15.3. The van der Waals surface area contributed by atoms with Crippen molar-refractivity contribution in [2.24, 2.45) is 0 Å². The predicted octanol–water partition coefficient (Wildman–Crippen LogP) is 3.68. The van der Waals surface area contributed by atoms with E-state index in [1.807, 2.05) is 60.4 Å². The highest BCUT2D eigenvalue weighted by Gasteiger charge is 2.25. The fraction of sp³-hybridized carbons (Fsp3) is 0.263. The van der Waals surface area contributed by atoms with E-state index in [1.165, 1.54) is 0 Å². The number of para-hydroxylation sites is 1. The number of hydrogen-bond donors (Lipinski definition) is 0. The molecule has 1 fully saturated rings. The van der Waals surface area contributed by atoms with Gasteiger partial charge in [-0.05, 0) is 44.0 Å². The molecule has 4 rings (SSSR count). The zero-order chi connectivity index (χ0) is 16.5. The van der Waals surface area contributed by atoms with Crippen LogP contribution in [0.5, 0.6) is 0 Å². The van der Waals surface area contributed by atoms with Crippen LogP contribution in [0.2, 0.25) is 0 Å². The standard InChI is InChI=1S/C19H19N3O2/c1-14-9-10-18(24-14)16-13-17(19(23)21-11-5-6-12-21)22(20-16)15-7-3-2-4-8-15/h2-4,7-10,13H,5-6,11-12H2,1H3. The van der Waals surface area contributed by atoms with E-state index in [4.69, 9.17) is 4.42 Å². The summed E-state index contributed by atoms with van der Waals surface area (Å²) in [5.74, 6) is 1.53. The first kappa shape index (κ1) is 14.8. The average Bonchev–Trinajstić information content (AvgIpc) is 3.35. The maximum absolute atomic E-state index is 12.9. The Morgan fingerprint density at radius 1 is 1.08 bits per heavy atom. The quantitative estimate of drug-likeness (QED) is 0.739. The van der Waals surface area contributed by atoms with E-state index in [1.54, 1.807) is 4.68 Å². The maximum atomic E-state index is 12.9. The predicted molar refractivity (Wildman–Crippen MR) is 91.1 cm³/mol. The Morgan fingerprint density at radius 3 is 2.50 bits per heavy atom. The van der Waals surface area contributed by atoms with Gasteiger partial charge in [-0.2, -0.15) is 5.10 Å². The van der Waals surface area contributed by atoms with Crippen LogP contribution < -0.4 is 0 Å². The molecule has 1 amide bonds. The van der Waals surface area contributed by atoms with Crippen molar-refractivity contribution in [2.45, 2.75) is 19.8 Å². The van der Waals surface area contributed by atoms with Gasteiger partial charge in [0.2, 0.25) is 0 Å². The van der Waals surface area contributed by atoms with Gasteiger partial charge in [-0.1, -0.05) is 18.2 Å². The number of aromatic nitrogens is 2. The molecule has 3 heterocycles. The largest absolute Gasteiger partial charge is 0.460 e. The van der Waals surface area contributed by atoms with Crippen LogP contribution in [-0.2, 0) is 0 Å². The summed E-state index contributed by atoms with van der Waals surface area (Å²) in [5, 5.41) is 4.63. The van der Waals surface area contributed by atoms with E-state index in [-0.39, 0.29) is 5.91 Å². The second kappa shape index (κ2) is 6.00. The van der Waals surface area contributed by atoms with E-state index in [0.29, 0.717) is 17.1 Å². The third-order valence-corrected chi connectivity index (χ3v) is 4.32. The summed E-state index contributed by atoms with van der Waals surface area (Å²) in [6.45, 7) is 3.52. The monoisotopic (exact) mass is 321 g/mol. The number of benzene rings is 1. The molecule has 3 aromatic rings. The minimum atomic E-state index is 0.0263. The van der Waals surface area contributed by atoms with Crippen LogP contribution in [-0.4, -0.2) is 33.7 Å². The Labute approximate surface area is 140 Å². The number of furan rings is 1. The van der Waals surface area contributed by atoms with E-state index < -0.39 is 0 Å². The van der Waals surface area contributed by atoms with Gasteiger partial charge in [0.1, 0.15) is 17.1 Å². The molecule has 0 atom stereocenters. The molecule has 5 nitrogen and oxygen atoms in total. The van der Waals surface area contributed by atoms with Crippen LogP contribution in [0.15, 0.2) is 52.9 Å². The lowest BCUT2D eigenvalue weighted by molar-refractivity contribution is 0.0784. The minimum Gasteiger partial charge on any atom is -0.460 e. The molecule has 0 bridgehead atoms. The molecule has 1 saturated heterocycles. The number of aryl methyl sites for hydroxylation is 1. The number of carbonyl (C=O) groups is 1. The number of nitrogens with zero attached hydrogens (tertiary/aromatic N) is 3. The molecule has 5 heteroatoms. The van der Waals surface area contributed by atoms with E-state index in [9.17, 15) is 4.79 Å². The first-order valence-corrected chi connectivity index (χ1v) is 8.24. The number of amides is 1. The van der Waals surface area contributed by atoms with Gasteiger partial charge < -0.3 is 9.32 Å². The summed E-state index contributed by atoms with van der Waals surface area (Å²) >= 11 is 0. The lowest BCUT2D eigenvalue weighted by Crippen LogP contribution is -2.29. The van der Waals surface area contributed by atoms with Gasteiger partial charge in [0.25, 0.3) is 5.91 Å². The van der Waals surface area contributed by atoms with Crippen LogP contribution in [0.4, 0.5) is 0 Å². The third kappa shape index (κ3) is 2.62. The second-order valence-corrected chi connectivity index (χ2v) is 6.07. The first-order valence-electron chi connectivity index (χ1n) is 8.24.